The van der Waals surface area contributed by atoms with Gasteiger partial charge >= 0.3 is 0 Å². The van der Waals surface area contributed by atoms with Gasteiger partial charge in [-0.3, -0.25) is 0 Å². The first-order valence-corrected chi connectivity index (χ1v) is 5.09. The molecule has 0 aromatic rings. The third-order valence-corrected chi connectivity index (χ3v) is 3.05. The van der Waals surface area contributed by atoms with Crippen molar-refractivity contribution >= 4 is 0 Å². The largest absolute Gasteiger partial charge is 0.327 e. The van der Waals surface area contributed by atoms with Crippen LogP contribution in [-0.2, 0) is 0 Å². The third-order valence-electron chi connectivity index (χ3n) is 3.05. The van der Waals surface area contributed by atoms with Gasteiger partial charge < -0.3 is 11.5 Å². The van der Waals surface area contributed by atoms with Gasteiger partial charge in [-0.15, -0.1) is 0 Å². The van der Waals surface area contributed by atoms with Crippen LogP contribution in [0.15, 0.2) is 0 Å². The van der Waals surface area contributed by atoms with Crippen molar-refractivity contribution in [3.05, 3.63) is 0 Å². The molecule has 0 amide bonds. The van der Waals surface area contributed by atoms with E-state index in [1.807, 2.05) is 0 Å². The van der Waals surface area contributed by atoms with E-state index in [9.17, 15) is 0 Å². The molecule has 0 aliphatic heterocycles. The van der Waals surface area contributed by atoms with Gasteiger partial charge in [-0.05, 0) is 38.5 Å². The van der Waals surface area contributed by atoms with Gasteiger partial charge in [0.25, 0.3) is 0 Å². The highest BCUT2D eigenvalue weighted by atomic mass is 14.8. The second-order valence-electron chi connectivity index (χ2n) is 4.61. The molecule has 0 aromatic heterocycles. The smallest absolute Gasteiger partial charge is 0.0140 e. The Hall–Kier alpha value is -0.0800. The molecule has 3 atom stereocenters. The van der Waals surface area contributed by atoms with Crippen molar-refractivity contribution in [3.63, 3.8) is 0 Å². The van der Waals surface area contributed by atoms with Gasteiger partial charge in [-0.2, -0.15) is 0 Å². The van der Waals surface area contributed by atoms with E-state index in [1.165, 1.54) is 19.3 Å². The van der Waals surface area contributed by atoms with E-state index < -0.39 is 0 Å². The van der Waals surface area contributed by atoms with Crippen LogP contribution >= 0.6 is 0 Å². The van der Waals surface area contributed by atoms with E-state index in [0.717, 1.165) is 18.8 Å². The first-order valence-electron chi connectivity index (χ1n) is 5.09. The zero-order valence-electron chi connectivity index (χ0n) is 8.34. The molecular formula is C10H22N2. The van der Waals surface area contributed by atoms with Crippen molar-refractivity contribution < 1.29 is 0 Å². The summed E-state index contributed by atoms with van der Waals surface area (Å²) in [5.41, 5.74) is 12.1. The molecule has 1 aliphatic rings. The van der Waals surface area contributed by atoms with Crippen molar-refractivity contribution in [1.29, 1.82) is 0 Å². The van der Waals surface area contributed by atoms with Gasteiger partial charge in [0.2, 0.25) is 0 Å². The predicted octanol–water partition coefficient (Wildman–Crippen LogP) is 1.63. The van der Waals surface area contributed by atoms with Crippen LogP contribution in [0.3, 0.4) is 0 Å². The highest BCUT2D eigenvalue weighted by Crippen LogP contribution is 2.31. The molecule has 0 bridgehead atoms. The Morgan fingerprint density at radius 1 is 1.50 bits per heavy atom. The van der Waals surface area contributed by atoms with Gasteiger partial charge in [0, 0.05) is 11.6 Å². The molecule has 0 heterocycles. The Morgan fingerprint density at radius 3 is 2.67 bits per heavy atom. The maximum atomic E-state index is 6.06. The highest BCUT2D eigenvalue weighted by Gasteiger charge is 2.32. The van der Waals surface area contributed by atoms with Crippen molar-refractivity contribution in [2.24, 2.45) is 17.4 Å². The number of hydrogen-bond donors (Lipinski definition) is 2. The fourth-order valence-electron chi connectivity index (χ4n) is 2.27. The quantitative estimate of drug-likeness (QED) is 0.662. The first kappa shape index (κ1) is 10.0. The van der Waals surface area contributed by atoms with Gasteiger partial charge in [0.1, 0.15) is 0 Å². The van der Waals surface area contributed by atoms with Gasteiger partial charge in [0.05, 0.1) is 0 Å². The topological polar surface area (TPSA) is 52.0 Å². The molecule has 12 heavy (non-hydrogen) atoms. The molecule has 0 saturated heterocycles. The number of hydrogen-bond acceptors (Lipinski definition) is 2. The minimum absolute atomic E-state index is 0.00363. The van der Waals surface area contributed by atoms with Crippen molar-refractivity contribution in [3.8, 4) is 0 Å². The Labute approximate surface area is 75.7 Å². The van der Waals surface area contributed by atoms with Crippen molar-refractivity contribution in [2.45, 2.75) is 57.5 Å². The van der Waals surface area contributed by atoms with E-state index in [1.54, 1.807) is 0 Å². The third kappa shape index (κ3) is 2.46. The molecule has 2 heteroatoms. The summed E-state index contributed by atoms with van der Waals surface area (Å²) >= 11 is 0. The fraction of sp³-hybridized carbons (Fsp3) is 1.00. The molecule has 1 rings (SSSR count). The van der Waals surface area contributed by atoms with E-state index in [-0.39, 0.29) is 5.54 Å². The molecule has 1 aliphatic carbocycles. The summed E-state index contributed by atoms with van der Waals surface area (Å²) in [4.78, 5) is 0. The normalized spacial score (nSPS) is 43.0. The van der Waals surface area contributed by atoms with Crippen molar-refractivity contribution in [2.75, 3.05) is 0 Å². The second kappa shape index (κ2) is 3.75. The zero-order valence-corrected chi connectivity index (χ0v) is 8.34. The van der Waals surface area contributed by atoms with Crippen LogP contribution in [0.4, 0.5) is 0 Å². The van der Waals surface area contributed by atoms with Crippen LogP contribution in [0.1, 0.15) is 46.0 Å². The maximum Gasteiger partial charge on any atom is 0.0140 e. The Kier molecular flexibility index (Phi) is 3.13. The minimum Gasteiger partial charge on any atom is -0.327 e. The standard InChI is InChI=1S/C10H22N2/c1-3-4-8-5-6-10(2,12)7-9(8)11/h8-9H,3-7,11-12H2,1-2H3. The average Bonchev–Trinajstić information content (AvgIpc) is 1.94. The molecule has 2 nitrogen and oxygen atoms in total. The Balaban J connectivity index is 2.42. The molecule has 3 unspecified atom stereocenters. The highest BCUT2D eigenvalue weighted by molar-refractivity contribution is 4.92. The molecule has 0 aromatic carbocycles. The fourth-order valence-corrected chi connectivity index (χ4v) is 2.27. The summed E-state index contributed by atoms with van der Waals surface area (Å²) in [6.07, 6.45) is 5.89. The maximum absolute atomic E-state index is 6.06. The zero-order chi connectivity index (χ0) is 9.19. The molecule has 0 radical (unpaired) electrons. The van der Waals surface area contributed by atoms with E-state index in [0.29, 0.717) is 6.04 Å². The lowest BCUT2D eigenvalue weighted by Gasteiger charge is -2.38. The van der Waals surface area contributed by atoms with E-state index in [2.05, 4.69) is 13.8 Å². The Morgan fingerprint density at radius 2 is 2.17 bits per heavy atom. The summed E-state index contributed by atoms with van der Waals surface area (Å²) in [5, 5.41) is 0. The van der Waals surface area contributed by atoms with Crippen LogP contribution in [0.25, 0.3) is 0 Å². The monoisotopic (exact) mass is 170 g/mol. The SMILES string of the molecule is CCCC1CCC(C)(N)CC1N. The van der Waals surface area contributed by atoms with E-state index >= 15 is 0 Å². The molecule has 1 saturated carbocycles. The molecular weight excluding hydrogens is 148 g/mol. The van der Waals surface area contributed by atoms with Gasteiger partial charge in [-0.25, -0.2) is 0 Å². The summed E-state index contributed by atoms with van der Waals surface area (Å²) in [6, 6.07) is 0.341. The number of rotatable bonds is 2. The van der Waals surface area contributed by atoms with Crippen LogP contribution in [0.5, 0.6) is 0 Å². The Bertz CT molecular complexity index is 143. The van der Waals surface area contributed by atoms with Crippen molar-refractivity contribution in [1.82, 2.24) is 0 Å². The molecule has 1 fully saturated rings. The van der Waals surface area contributed by atoms with Crippen LogP contribution in [0.2, 0.25) is 0 Å². The molecule has 72 valence electrons. The number of nitrogens with two attached hydrogens (primary N) is 2. The van der Waals surface area contributed by atoms with Crippen LogP contribution in [-0.4, -0.2) is 11.6 Å². The lowest BCUT2D eigenvalue weighted by molar-refractivity contribution is 0.207. The summed E-state index contributed by atoms with van der Waals surface area (Å²) in [6.45, 7) is 4.35. The first-order chi connectivity index (χ1) is 5.55. The van der Waals surface area contributed by atoms with Crippen LogP contribution in [0, 0.1) is 5.92 Å². The predicted molar refractivity (Wildman–Crippen MR) is 52.8 cm³/mol. The average molecular weight is 170 g/mol. The van der Waals surface area contributed by atoms with Gasteiger partial charge in [-0.1, -0.05) is 13.3 Å². The summed E-state index contributed by atoms with van der Waals surface area (Å²) in [7, 11) is 0. The summed E-state index contributed by atoms with van der Waals surface area (Å²) < 4.78 is 0. The van der Waals surface area contributed by atoms with E-state index in [4.69, 9.17) is 11.5 Å². The van der Waals surface area contributed by atoms with Crippen LogP contribution < -0.4 is 11.5 Å². The lowest BCUT2D eigenvalue weighted by Crippen LogP contribution is -2.49. The summed E-state index contributed by atoms with van der Waals surface area (Å²) in [5.74, 6) is 0.728. The molecule has 0 spiro atoms. The van der Waals surface area contributed by atoms with Gasteiger partial charge in [0.15, 0.2) is 0 Å². The lowest BCUT2D eigenvalue weighted by atomic mass is 9.74. The second-order valence-corrected chi connectivity index (χ2v) is 4.61. The molecule has 4 N–H and O–H groups in total. The minimum atomic E-state index is 0.00363.